The van der Waals surface area contributed by atoms with E-state index in [4.69, 9.17) is 0 Å². The van der Waals surface area contributed by atoms with Crippen molar-refractivity contribution in [3.8, 4) is 10.6 Å². The molecule has 3 rings (SSSR count). The van der Waals surface area contributed by atoms with E-state index in [1.807, 2.05) is 69.3 Å². The normalized spacial score (nSPS) is 11.9. The maximum atomic E-state index is 12.9. The summed E-state index contributed by atoms with van der Waals surface area (Å²) >= 11 is 1.31. The van der Waals surface area contributed by atoms with Gasteiger partial charge in [0.15, 0.2) is 0 Å². The number of hydrogen-bond donors (Lipinski definition) is 2. The van der Waals surface area contributed by atoms with E-state index in [9.17, 15) is 9.59 Å². The van der Waals surface area contributed by atoms with Crippen LogP contribution >= 0.6 is 11.3 Å². The molecule has 168 valence electrons. The van der Waals surface area contributed by atoms with Crippen molar-refractivity contribution in [1.29, 1.82) is 0 Å². The Bertz CT molecular complexity index is 1040. The molecular weight excluding hydrogens is 420 g/mol. The summed E-state index contributed by atoms with van der Waals surface area (Å²) in [7, 11) is 0. The molecule has 2 amide bonds. The van der Waals surface area contributed by atoms with Crippen LogP contribution in [0.25, 0.3) is 10.6 Å². The molecule has 0 aliphatic carbocycles. The van der Waals surface area contributed by atoms with E-state index >= 15 is 0 Å². The second-order valence-electron chi connectivity index (χ2n) is 8.26. The van der Waals surface area contributed by atoms with Crippen molar-refractivity contribution >= 4 is 28.3 Å². The quantitative estimate of drug-likeness (QED) is 0.466. The van der Waals surface area contributed by atoms with E-state index < -0.39 is 6.04 Å². The van der Waals surface area contributed by atoms with Gasteiger partial charge in [-0.05, 0) is 43.4 Å². The van der Waals surface area contributed by atoms with Gasteiger partial charge >= 0.3 is 0 Å². The first kappa shape index (κ1) is 23.6. The summed E-state index contributed by atoms with van der Waals surface area (Å²) in [6, 6.07) is 14.9. The number of rotatable bonds is 9. The molecule has 1 heterocycles. The fourth-order valence-electron chi connectivity index (χ4n) is 3.23. The van der Waals surface area contributed by atoms with Crippen molar-refractivity contribution in [3.05, 3.63) is 65.2 Å². The summed E-state index contributed by atoms with van der Waals surface area (Å²) in [5, 5.41) is 15.1. The first-order chi connectivity index (χ1) is 15.4. The Balaban J connectivity index is 1.64. The Kier molecular flexibility index (Phi) is 8.11. The van der Waals surface area contributed by atoms with Crippen molar-refractivity contribution in [1.82, 2.24) is 15.5 Å². The average molecular weight is 451 g/mol. The number of nitrogens with one attached hydrogen (secondary N) is 2. The van der Waals surface area contributed by atoms with Crippen LogP contribution in [0.3, 0.4) is 0 Å². The number of nitrogens with zero attached hydrogens (tertiary/aromatic N) is 2. The van der Waals surface area contributed by atoms with Crippen LogP contribution in [0.5, 0.6) is 0 Å². The minimum absolute atomic E-state index is 0.0905. The van der Waals surface area contributed by atoms with E-state index in [0.29, 0.717) is 10.7 Å². The van der Waals surface area contributed by atoms with Crippen LogP contribution < -0.4 is 10.6 Å². The molecule has 3 aromatic rings. The minimum Gasteiger partial charge on any atom is -0.340 e. The van der Waals surface area contributed by atoms with Gasteiger partial charge < -0.3 is 5.32 Å². The lowest BCUT2D eigenvalue weighted by atomic mass is 10.0. The van der Waals surface area contributed by atoms with Crippen molar-refractivity contribution < 1.29 is 9.59 Å². The predicted octanol–water partition coefficient (Wildman–Crippen LogP) is 5.25. The molecule has 1 aromatic heterocycles. The Morgan fingerprint density at radius 2 is 1.69 bits per heavy atom. The van der Waals surface area contributed by atoms with Crippen molar-refractivity contribution in [2.24, 2.45) is 5.92 Å². The van der Waals surface area contributed by atoms with Gasteiger partial charge in [0.2, 0.25) is 11.0 Å². The highest BCUT2D eigenvalue weighted by molar-refractivity contribution is 7.18. The molecule has 0 spiro atoms. The second-order valence-corrected chi connectivity index (χ2v) is 9.24. The van der Waals surface area contributed by atoms with Crippen LogP contribution in [-0.4, -0.2) is 28.1 Å². The summed E-state index contributed by atoms with van der Waals surface area (Å²) in [6.07, 6.45) is 3.26. The van der Waals surface area contributed by atoms with Crippen LogP contribution in [0.2, 0.25) is 0 Å². The van der Waals surface area contributed by atoms with E-state index in [0.717, 1.165) is 35.4 Å². The highest BCUT2D eigenvalue weighted by Gasteiger charge is 2.26. The van der Waals surface area contributed by atoms with Gasteiger partial charge in [0.1, 0.15) is 11.0 Å². The lowest BCUT2D eigenvalue weighted by Gasteiger charge is -2.21. The fourth-order valence-corrected chi connectivity index (χ4v) is 3.98. The van der Waals surface area contributed by atoms with Gasteiger partial charge in [-0.1, -0.05) is 80.5 Å². The number of benzene rings is 2. The van der Waals surface area contributed by atoms with Gasteiger partial charge in [0.05, 0.1) is 0 Å². The van der Waals surface area contributed by atoms with Crippen LogP contribution in [0, 0.1) is 12.8 Å². The van der Waals surface area contributed by atoms with Crippen molar-refractivity contribution in [2.45, 2.75) is 53.0 Å². The maximum Gasteiger partial charge on any atom is 0.251 e. The molecule has 7 heteroatoms. The largest absolute Gasteiger partial charge is 0.340 e. The smallest absolute Gasteiger partial charge is 0.251 e. The first-order valence-electron chi connectivity index (χ1n) is 11.0. The summed E-state index contributed by atoms with van der Waals surface area (Å²) in [4.78, 5) is 25.6. The predicted molar refractivity (Wildman–Crippen MR) is 130 cm³/mol. The lowest BCUT2D eigenvalue weighted by molar-refractivity contribution is -0.118. The third-order valence-corrected chi connectivity index (χ3v) is 6.11. The Morgan fingerprint density at radius 3 is 2.31 bits per heavy atom. The number of carbonyl (C=O) groups excluding carboxylic acids is 2. The summed E-state index contributed by atoms with van der Waals surface area (Å²) in [5.74, 6) is -0.662. The fraction of sp³-hybridized carbons (Fsp3) is 0.360. The molecule has 0 saturated carbocycles. The number of carbonyl (C=O) groups is 2. The number of hydrogen-bond acceptors (Lipinski definition) is 5. The summed E-state index contributed by atoms with van der Waals surface area (Å²) < 4.78 is 0. The zero-order valence-corrected chi connectivity index (χ0v) is 19.8. The minimum atomic E-state index is -0.686. The molecule has 0 aliphatic rings. The van der Waals surface area contributed by atoms with Gasteiger partial charge in [0.25, 0.3) is 5.91 Å². The highest BCUT2D eigenvalue weighted by Crippen LogP contribution is 2.26. The standard InChI is InChI=1S/C25H30N4O2S/c1-5-6-7-18-10-14-19(15-11-18)22(30)26-21(16(2)3)23(31)27-25-29-28-24(32-25)20-12-8-17(4)9-13-20/h8-16,21H,5-7H2,1-4H3,(H,26,30)(H,27,29,31)/t21-/m0/s1. The molecular formula is C25H30N4O2S. The topological polar surface area (TPSA) is 84.0 Å². The summed E-state index contributed by atoms with van der Waals surface area (Å²) in [5.41, 5.74) is 3.87. The number of amides is 2. The van der Waals surface area contributed by atoms with E-state index in [1.165, 1.54) is 16.9 Å². The van der Waals surface area contributed by atoms with Gasteiger partial charge in [-0.3, -0.25) is 14.9 Å². The maximum absolute atomic E-state index is 12.9. The van der Waals surface area contributed by atoms with Gasteiger partial charge in [0, 0.05) is 11.1 Å². The highest BCUT2D eigenvalue weighted by atomic mass is 32.1. The van der Waals surface area contributed by atoms with Crippen LogP contribution in [0.15, 0.2) is 48.5 Å². The van der Waals surface area contributed by atoms with Crippen LogP contribution in [0.4, 0.5) is 5.13 Å². The third-order valence-electron chi connectivity index (χ3n) is 5.22. The number of anilines is 1. The Hall–Kier alpha value is -3.06. The molecule has 6 nitrogen and oxygen atoms in total. The molecule has 0 fully saturated rings. The Labute approximate surface area is 193 Å². The number of aromatic nitrogens is 2. The molecule has 0 aliphatic heterocycles. The van der Waals surface area contributed by atoms with Gasteiger partial charge in [-0.15, -0.1) is 10.2 Å². The first-order valence-corrected chi connectivity index (χ1v) is 11.8. The average Bonchev–Trinajstić information content (AvgIpc) is 3.24. The number of unbranched alkanes of at least 4 members (excludes halogenated alkanes) is 1. The molecule has 0 unspecified atom stereocenters. The zero-order valence-electron chi connectivity index (χ0n) is 19.0. The van der Waals surface area contributed by atoms with E-state index in [2.05, 4.69) is 27.8 Å². The zero-order chi connectivity index (χ0) is 23.1. The molecule has 32 heavy (non-hydrogen) atoms. The van der Waals surface area contributed by atoms with Crippen molar-refractivity contribution in [3.63, 3.8) is 0 Å². The lowest BCUT2D eigenvalue weighted by Crippen LogP contribution is -2.47. The molecule has 2 N–H and O–H groups in total. The van der Waals surface area contributed by atoms with Crippen LogP contribution in [-0.2, 0) is 11.2 Å². The molecule has 1 atom stereocenters. The molecule has 0 radical (unpaired) electrons. The summed E-state index contributed by atoms with van der Waals surface area (Å²) in [6.45, 7) is 7.98. The second kappa shape index (κ2) is 11.0. The number of aryl methyl sites for hydroxylation is 2. The van der Waals surface area contributed by atoms with Crippen LogP contribution in [0.1, 0.15) is 55.1 Å². The monoisotopic (exact) mass is 450 g/mol. The molecule has 0 saturated heterocycles. The van der Waals surface area contributed by atoms with E-state index in [-0.39, 0.29) is 17.7 Å². The molecule has 2 aromatic carbocycles. The van der Waals surface area contributed by atoms with Gasteiger partial charge in [-0.25, -0.2) is 0 Å². The van der Waals surface area contributed by atoms with Gasteiger partial charge in [-0.2, -0.15) is 0 Å². The Morgan fingerprint density at radius 1 is 1.00 bits per heavy atom. The van der Waals surface area contributed by atoms with E-state index in [1.54, 1.807) is 0 Å². The third kappa shape index (κ3) is 6.23. The van der Waals surface area contributed by atoms with Crippen molar-refractivity contribution in [2.75, 3.05) is 5.32 Å². The SMILES string of the molecule is CCCCc1ccc(C(=O)N[C@H](C(=O)Nc2nnc(-c3ccc(C)cc3)s2)C(C)C)cc1. The molecule has 0 bridgehead atoms.